The smallest absolute Gasteiger partial charge is 0.147 e. The van der Waals surface area contributed by atoms with E-state index in [9.17, 15) is 4.39 Å². The van der Waals surface area contributed by atoms with Crippen molar-refractivity contribution in [2.75, 3.05) is 31.1 Å². The molecule has 0 aromatic heterocycles. The van der Waals surface area contributed by atoms with Crippen molar-refractivity contribution in [3.05, 3.63) is 29.6 Å². The molecule has 0 saturated carbocycles. The van der Waals surface area contributed by atoms with E-state index in [-0.39, 0.29) is 5.82 Å². The third kappa shape index (κ3) is 2.31. The van der Waals surface area contributed by atoms with Gasteiger partial charge >= 0.3 is 0 Å². The summed E-state index contributed by atoms with van der Waals surface area (Å²) >= 11 is 0. The van der Waals surface area contributed by atoms with Crippen molar-refractivity contribution in [1.82, 2.24) is 5.32 Å². The van der Waals surface area contributed by atoms with Crippen LogP contribution in [0.2, 0.25) is 0 Å². The van der Waals surface area contributed by atoms with Crippen molar-refractivity contribution in [3.63, 3.8) is 0 Å². The molecule has 0 unspecified atom stereocenters. The molecule has 0 aliphatic carbocycles. The molecule has 1 aromatic carbocycles. The first-order chi connectivity index (χ1) is 7.81. The van der Waals surface area contributed by atoms with E-state index in [2.05, 4.69) is 5.32 Å². The van der Waals surface area contributed by atoms with Crippen LogP contribution in [-0.2, 0) is 0 Å². The Morgan fingerprint density at radius 2 is 2.19 bits per heavy atom. The molecule has 4 heteroatoms. The summed E-state index contributed by atoms with van der Waals surface area (Å²) in [5, 5.41) is 11.9. The van der Waals surface area contributed by atoms with E-state index in [1.807, 2.05) is 11.0 Å². The molecule has 0 radical (unpaired) electrons. The summed E-state index contributed by atoms with van der Waals surface area (Å²) in [4.78, 5) is 2.02. The van der Waals surface area contributed by atoms with E-state index in [1.54, 1.807) is 12.1 Å². The van der Waals surface area contributed by atoms with Crippen molar-refractivity contribution < 1.29 is 4.39 Å². The fraction of sp³-hybridized carbons (Fsp3) is 0.417. The molecule has 1 aliphatic rings. The van der Waals surface area contributed by atoms with Gasteiger partial charge in [0.2, 0.25) is 0 Å². The molecule has 2 rings (SSSR count). The lowest BCUT2D eigenvalue weighted by molar-refractivity contribution is 0.617. The highest BCUT2D eigenvalue weighted by molar-refractivity contribution is 5.51. The number of nitrogens with zero attached hydrogens (tertiary/aromatic N) is 2. The fourth-order valence-corrected chi connectivity index (χ4v) is 1.92. The van der Waals surface area contributed by atoms with Gasteiger partial charge in [0.25, 0.3) is 0 Å². The van der Waals surface area contributed by atoms with Crippen LogP contribution in [0.4, 0.5) is 10.1 Å². The van der Waals surface area contributed by atoms with Gasteiger partial charge in [-0.05, 0) is 31.2 Å². The van der Waals surface area contributed by atoms with Gasteiger partial charge in [0, 0.05) is 19.6 Å². The third-order valence-corrected chi connectivity index (χ3v) is 2.76. The molecule has 1 aliphatic heterocycles. The highest BCUT2D eigenvalue weighted by Gasteiger charge is 2.13. The number of nitriles is 1. The van der Waals surface area contributed by atoms with E-state index in [0.29, 0.717) is 11.3 Å². The number of anilines is 1. The molecule has 16 heavy (non-hydrogen) atoms. The van der Waals surface area contributed by atoms with Crippen molar-refractivity contribution in [3.8, 4) is 6.07 Å². The van der Waals surface area contributed by atoms with Gasteiger partial charge in [0.05, 0.1) is 17.3 Å². The molecule has 84 valence electrons. The molecule has 1 heterocycles. The Hall–Kier alpha value is -1.60. The normalized spacial score (nSPS) is 16.6. The minimum atomic E-state index is -0.305. The summed E-state index contributed by atoms with van der Waals surface area (Å²) in [7, 11) is 0. The first kappa shape index (κ1) is 10.9. The van der Waals surface area contributed by atoms with Gasteiger partial charge in [0.15, 0.2) is 0 Å². The van der Waals surface area contributed by atoms with Gasteiger partial charge in [-0.3, -0.25) is 0 Å². The van der Waals surface area contributed by atoms with E-state index < -0.39 is 0 Å². The zero-order valence-electron chi connectivity index (χ0n) is 9.04. The third-order valence-electron chi connectivity index (χ3n) is 2.76. The predicted molar refractivity (Wildman–Crippen MR) is 60.8 cm³/mol. The van der Waals surface area contributed by atoms with E-state index in [0.717, 1.165) is 32.6 Å². The van der Waals surface area contributed by atoms with Crippen molar-refractivity contribution in [1.29, 1.82) is 5.26 Å². The Morgan fingerprint density at radius 3 is 2.94 bits per heavy atom. The summed E-state index contributed by atoms with van der Waals surface area (Å²) in [5.41, 5.74) is 0.969. The van der Waals surface area contributed by atoms with Crippen LogP contribution in [0.1, 0.15) is 12.0 Å². The van der Waals surface area contributed by atoms with Crippen LogP contribution in [0.25, 0.3) is 0 Å². The fourth-order valence-electron chi connectivity index (χ4n) is 1.92. The number of nitrogens with one attached hydrogen (secondary N) is 1. The average molecular weight is 219 g/mol. The number of halogens is 1. The maximum atomic E-state index is 13.7. The highest BCUT2D eigenvalue weighted by Crippen LogP contribution is 2.20. The van der Waals surface area contributed by atoms with Crippen molar-refractivity contribution in [2.24, 2.45) is 0 Å². The standard InChI is InChI=1S/C12H14FN3/c13-11-8-10(9-14)2-3-12(11)16-6-1-4-15-5-7-16/h2-3,8,15H,1,4-7H2. The summed E-state index contributed by atoms with van der Waals surface area (Å²) in [5.74, 6) is -0.305. The Morgan fingerprint density at radius 1 is 1.31 bits per heavy atom. The molecule has 1 saturated heterocycles. The van der Waals surface area contributed by atoms with Crippen molar-refractivity contribution in [2.45, 2.75) is 6.42 Å². The minimum absolute atomic E-state index is 0.305. The lowest BCUT2D eigenvalue weighted by Crippen LogP contribution is -2.28. The lowest BCUT2D eigenvalue weighted by atomic mass is 10.2. The number of rotatable bonds is 1. The second-order valence-electron chi connectivity index (χ2n) is 3.87. The van der Waals surface area contributed by atoms with Crippen LogP contribution in [0.3, 0.4) is 0 Å². The largest absolute Gasteiger partial charge is 0.368 e. The summed E-state index contributed by atoms with van der Waals surface area (Å²) in [6.45, 7) is 3.52. The van der Waals surface area contributed by atoms with Crippen LogP contribution in [0.15, 0.2) is 18.2 Å². The first-order valence-corrected chi connectivity index (χ1v) is 5.46. The molecule has 0 bridgehead atoms. The quantitative estimate of drug-likeness (QED) is 0.778. The van der Waals surface area contributed by atoms with E-state index in [4.69, 9.17) is 5.26 Å². The van der Waals surface area contributed by atoms with Gasteiger partial charge in [-0.25, -0.2) is 4.39 Å². The maximum Gasteiger partial charge on any atom is 0.147 e. The van der Waals surface area contributed by atoms with Gasteiger partial charge in [-0.1, -0.05) is 0 Å². The molecule has 1 fully saturated rings. The van der Waals surface area contributed by atoms with Crippen LogP contribution < -0.4 is 10.2 Å². The summed E-state index contributed by atoms with van der Waals surface area (Å²) in [6, 6.07) is 6.60. The van der Waals surface area contributed by atoms with Crippen LogP contribution in [0, 0.1) is 17.1 Å². The molecular formula is C12H14FN3. The molecule has 0 atom stereocenters. The first-order valence-electron chi connectivity index (χ1n) is 5.46. The lowest BCUT2D eigenvalue weighted by Gasteiger charge is -2.22. The van der Waals surface area contributed by atoms with Crippen LogP contribution >= 0.6 is 0 Å². The molecule has 3 nitrogen and oxygen atoms in total. The maximum absolute atomic E-state index is 13.7. The average Bonchev–Trinajstić information content (AvgIpc) is 2.57. The second kappa shape index (κ2) is 4.95. The summed E-state index contributed by atoms with van der Waals surface area (Å²) < 4.78 is 13.7. The van der Waals surface area contributed by atoms with Crippen LogP contribution in [-0.4, -0.2) is 26.2 Å². The predicted octanol–water partition coefficient (Wildman–Crippen LogP) is 1.50. The Kier molecular flexibility index (Phi) is 3.37. The summed E-state index contributed by atoms with van der Waals surface area (Å²) in [6.07, 6.45) is 1.01. The number of hydrogen-bond donors (Lipinski definition) is 1. The Balaban J connectivity index is 2.22. The van der Waals surface area contributed by atoms with Gasteiger partial charge < -0.3 is 10.2 Å². The molecule has 0 amide bonds. The zero-order chi connectivity index (χ0) is 11.4. The second-order valence-corrected chi connectivity index (χ2v) is 3.87. The van der Waals surface area contributed by atoms with Gasteiger partial charge in [0.1, 0.15) is 5.82 Å². The number of hydrogen-bond acceptors (Lipinski definition) is 3. The monoisotopic (exact) mass is 219 g/mol. The molecule has 1 N–H and O–H groups in total. The van der Waals surface area contributed by atoms with Gasteiger partial charge in [-0.2, -0.15) is 5.26 Å². The Labute approximate surface area is 94.5 Å². The van der Waals surface area contributed by atoms with Crippen LogP contribution in [0.5, 0.6) is 0 Å². The van der Waals surface area contributed by atoms with Gasteiger partial charge in [-0.15, -0.1) is 0 Å². The van der Waals surface area contributed by atoms with E-state index >= 15 is 0 Å². The van der Waals surface area contributed by atoms with Crippen molar-refractivity contribution >= 4 is 5.69 Å². The van der Waals surface area contributed by atoms with E-state index in [1.165, 1.54) is 6.07 Å². The SMILES string of the molecule is N#Cc1ccc(N2CCCNCC2)c(F)c1. The zero-order valence-corrected chi connectivity index (χ0v) is 9.04. The minimum Gasteiger partial charge on any atom is -0.368 e. The number of benzene rings is 1. The highest BCUT2D eigenvalue weighted by atomic mass is 19.1. The Bertz CT molecular complexity index is 403. The molecule has 1 aromatic rings. The molecular weight excluding hydrogens is 205 g/mol. The topological polar surface area (TPSA) is 39.1 Å². The molecule has 0 spiro atoms.